The molecule has 0 unspecified atom stereocenters. The SMILES string of the molecule is Cc1nc(CNS(=O)(=O)c2ccc(Cl)c(N)c2Cl)no1. The van der Waals surface area contributed by atoms with Gasteiger partial charge in [0, 0.05) is 6.92 Å². The summed E-state index contributed by atoms with van der Waals surface area (Å²) in [6.45, 7) is 1.47. The van der Waals surface area contributed by atoms with Crippen LogP contribution in [-0.4, -0.2) is 18.6 Å². The number of nitrogens with one attached hydrogen (secondary N) is 1. The van der Waals surface area contributed by atoms with Gasteiger partial charge in [-0.05, 0) is 12.1 Å². The summed E-state index contributed by atoms with van der Waals surface area (Å²) in [6, 6.07) is 2.63. The third-order valence-electron chi connectivity index (χ3n) is 2.37. The van der Waals surface area contributed by atoms with E-state index in [1.165, 1.54) is 12.1 Å². The lowest BCUT2D eigenvalue weighted by Gasteiger charge is -2.09. The van der Waals surface area contributed by atoms with Crippen LogP contribution in [0.2, 0.25) is 10.0 Å². The zero-order valence-corrected chi connectivity index (χ0v) is 12.6. The van der Waals surface area contributed by atoms with Gasteiger partial charge < -0.3 is 10.3 Å². The molecule has 0 radical (unpaired) electrons. The van der Waals surface area contributed by atoms with Crippen molar-refractivity contribution in [1.82, 2.24) is 14.9 Å². The van der Waals surface area contributed by atoms with Crippen LogP contribution in [0.25, 0.3) is 0 Å². The molecule has 1 heterocycles. The van der Waals surface area contributed by atoms with Gasteiger partial charge in [0.1, 0.15) is 4.90 Å². The lowest BCUT2D eigenvalue weighted by Crippen LogP contribution is -2.24. The molecule has 7 nitrogen and oxygen atoms in total. The number of aromatic nitrogens is 2. The maximum absolute atomic E-state index is 12.1. The minimum atomic E-state index is -3.86. The Kier molecular flexibility index (Phi) is 4.19. The van der Waals surface area contributed by atoms with E-state index in [1.54, 1.807) is 6.92 Å². The number of hydrogen-bond acceptors (Lipinski definition) is 6. The van der Waals surface area contributed by atoms with Crippen molar-refractivity contribution >= 4 is 38.9 Å². The maximum Gasteiger partial charge on any atom is 0.242 e. The number of anilines is 1. The second kappa shape index (κ2) is 5.57. The van der Waals surface area contributed by atoms with Gasteiger partial charge in [-0.1, -0.05) is 28.4 Å². The summed E-state index contributed by atoms with van der Waals surface area (Å²) in [4.78, 5) is 3.71. The van der Waals surface area contributed by atoms with E-state index in [0.717, 1.165) is 0 Å². The lowest BCUT2D eigenvalue weighted by molar-refractivity contribution is 0.387. The quantitative estimate of drug-likeness (QED) is 0.822. The highest BCUT2D eigenvalue weighted by atomic mass is 35.5. The van der Waals surface area contributed by atoms with E-state index >= 15 is 0 Å². The van der Waals surface area contributed by atoms with Crippen LogP contribution in [-0.2, 0) is 16.6 Å². The smallest absolute Gasteiger partial charge is 0.242 e. The van der Waals surface area contributed by atoms with Crippen LogP contribution in [0.1, 0.15) is 11.7 Å². The van der Waals surface area contributed by atoms with Crippen molar-refractivity contribution in [2.24, 2.45) is 0 Å². The third kappa shape index (κ3) is 3.04. The van der Waals surface area contributed by atoms with Gasteiger partial charge in [-0.15, -0.1) is 0 Å². The second-order valence-electron chi connectivity index (χ2n) is 3.83. The Morgan fingerprint density at radius 1 is 1.40 bits per heavy atom. The van der Waals surface area contributed by atoms with Crippen LogP contribution in [0.4, 0.5) is 5.69 Å². The number of aryl methyl sites for hydroxylation is 1. The van der Waals surface area contributed by atoms with Crippen molar-refractivity contribution in [3.05, 3.63) is 33.9 Å². The Balaban J connectivity index is 2.25. The van der Waals surface area contributed by atoms with E-state index in [1.807, 2.05) is 0 Å². The summed E-state index contributed by atoms with van der Waals surface area (Å²) in [5, 5.41) is 3.63. The van der Waals surface area contributed by atoms with Crippen molar-refractivity contribution in [3.8, 4) is 0 Å². The molecule has 0 bridgehead atoms. The molecule has 1 aromatic heterocycles. The number of nitrogens with zero attached hydrogens (tertiary/aromatic N) is 2. The number of nitrogen functional groups attached to an aromatic ring is 1. The number of benzene rings is 1. The number of rotatable bonds is 4. The van der Waals surface area contributed by atoms with Crippen LogP contribution in [0, 0.1) is 6.92 Å². The van der Waals surface area contributed by atoms with E-state index in [2.05, 4.69) is 14.9 Å². The summed E-state index contributed by atoms with van der Waals surface area (Å²) >= 11 is 11.6. The average Bonchev–Trinajstić information content (AvgIpc) is 2.79. The standard InChI is InChI=1S/C10H10Cl2N4O3S/c1-5-15-8(16-19-5)4-14-20(17,18)7-3-2-6(11)10(13)9(7)12/h2-3,14H,4,13H2,1H3. The van der Waals surface area contributed by atoms with Crippen molar-refractivity contribution in [1.29, 1.82) is 0 Å². The fourth-order valence-electron chi connectivity index (χ4n) is 1.41. The van der Waals surface area contributed by atoms with Gasteiger partial charge in [-0.2, -0.15) is 4.98 Å². The minimum absolute atomic E-state index is 0.00612. The zero-order chi connectivity index (χ0) is 14.9. The molecule has 108 valence electrons. The highest BCUT2D eigenvalue weighted by Crippen LogP contribution is 2.32. The van der Waals surface area contributed by atoms with Gasteiger partial charge in [-0.3, -0.25) is 0 Å². The molecule has 2 rings (SSSR count). The first-order valence-corrected chi connectivity index (χ1v) is 7.57. The predicted molar refractivity (Wildman–Crippen MR) is 73.9 cm³/mol. The summed E-state index contributed by atoms with van der Waals surface area (Å²) in [5.41, 5.74) is 5.60. The normalized spacial score (nSPS) is 11.8. The Labute approximate surface area is 125 Å². The van der Waals surface area contributed by atoms with Crippen molar-refractivity contribution in [3.63, 3.8) is 0 Å². The fraction of sp³-hybridized carbons (Fsp3) is 0.200. The predicted octanol–water partition coefficient (Wildman–Crippen LogP) is 1.75. The van der Waals surface area contributed by atoms with Crippen LogP contribution in [0.3, 0.4) is 0 Å². The highest BCUT2D eigenvalue weighted by Gasteiger charge is 2.21. The van der Waals surface area contributed by atoms with Gasteiger partial charge in [0.05, 0.1) is 22.3 Å². The third-order valence-corrected chi connectivity index (χ3v) is 4.66. The van der Waals surface area contributed by atoms with Gasteiger partial charge in [0.2, 0.25) is 15.9 Å². The molecule has 0 saturated heterocycles. The van der Waals surface area contributed by atoms with Crippen molar-refractivity contribution < 1.29 is 12.9 Å². The van der Waals surface area contributed by atoms with Crippen molar-refractivity contribution in [2.45, 2.75) is 18.4 Å². The Bertz CT molecular complexity index is 745. The lowest BCUT2D eigenvalue weighted by atomic mass is 10.3. The van der Waals surface area contributed by atoms with Crippen molar-refractivity contribution in [2.75, 3.05) is 5.73 Å². The van der Waals surface area contributed by atoms with E-state index in [4.69, 9.17) is 33.5 Å². The summed E-state index contributed by atoms with van der Waals surface area (Å²) < 4.78 is 31.3. The molecular formula is C10H10Cl2N4O3S. The molecule has 0 aliphatic rings. The van der Waals surface area contributed by atoms with Gasteiger partial charge >= 0.3 is 0 Å². The largest absolute Gasteiger partial charge is 0.396 e. The highest BCUT2D eigenvalue weighted by molar-refractivity contribution is 7.89. The number of nitrogens with two attached hydrogens (primary N) is 1. The summed E-state index contributed by atoms with van der Waals surface area (Å²) in [6.07, 6.45) is 0. The number of hydrogen-bond donors (Lipinski definition) is 2. The summed E-state index contributed by atoms with van der Waals surface area (Å²) in [7, 11) is -3.86. The molecule has 3 N–H and O–H groups in total. The zero-order valence-electron chi connectivity index (χ0n) is 10.2. The Morgan fingerprint density at radius 2 is 2.10 bits per heavy atom. The molecule has 1 aromatic carbocycles. The van der Waals surface area contributed by atoms with Crippen LogP contribution < -0.4 is 10.5 Å². The second-order valence-corrected chi connectivity index (χ2v) is 6.35. The van der Waals surface area contributed by atoms with Crippen LogP contribution in [0.15, 0.2) is 21.6 Å². The molecule has 20 heavy (non-hydrogen) atoms. The average molecular weight is 337 g/mol. The first-order chi connectivity index (χ1) is 9.31. The molecule has 0 amide bonds. The molecule has 0 atom stereocenters. The van der Waals surface area contributed by atoms with E-state index in [9.17, 15) is 8.42 Å². The van der Waals surface area contributed by atoms with Crippen LogP contribution in [0.5, 0.6) is 0 Å². The van der Waals surface area contributed by atoms with E-state index in [-0.39, 0.29) is 33.0 Å². The first kappa shape index (κ1) is 15.0. The van der Waals surface area contributed by atoms with Crippen LogP contribution >= 0.6 is 23.2 Å². The Hall–Kier alpha value is -1.35. The minimum Gasteiger partial charge on any atom is -0.396 e. The molecule has 0 aliphatic heterocycles. The van der Waals surface area contributed by atoms with E-state index in [0.29, 0.717) is 5.89 Å². The maximum atomic E-state index is 12.1. The molecule has 0 spiro atoms. The molecule has 0 aliphatic carbocycles. The van der Waals surface area contributed by atoms with Gasteiger partial charge in [0.25, 0.3) is 0 Å². The molecule has 0 fully saturated rings. The summed E-state index contributed by atoms with van der Waals surface area (Å²) in [5.74, 6) is 0.553. The number of sulfonamides is 1. The monoisotopic (exact) mass is 336 g/mol. The molecule has 0 saturated carbocycles. The molecule has 2 aromatic rings. The van der Waals surface area contributed by atoms with E-state index < -0.39 is 10.0 Å². The fourth-order valence-corrected chi connectivity index (χ4v) is 3.15. The van der Waals surface area contributed by atoms with Gasteiger partial charge in [0.15, 0.2) is 5.82 Å². The molecular weight excluding hydrogens is 327 g/mol. The molecule has 10 heteroatoms. The number of halogens is 2. The van der Waals surface area contributed by atoms with Gasteiger partial charge in [-0.25, -0.2) is 13.1 Å². The first-order valence-electron chi connectivity index (χ1n) is 5.33. The Morgan fingerprint density at radius 3 is 2.70 bits per heavy atom. The topological polar surface area (TPSA) is 111 Å².